The van der Waals surface area contributed by atoms with Gasteiger partial charge in [0.2, 0.25) is 0 Å². The molecule has 0 aliphatic carbocycles. The number of aryl methyl sites for hydroxylation is 3. The molecule has 106 valence electrons. The number of rotatable bonds is 5. The molecule has 0 radical (unpaired) electrons. The Bertz CT molecular complexity index is 580. The van der Waals surface area contributed by atoms with Gasteiger partial charge in [0.15, 0.2) is 5.16 Å². The third kappa shape index (κ3) is 4.16. The van der Waals surface area contributed by atoms with Crippen molar-refractivity contribution in [1.82, 2.24) is 19.9 Å². The molecule has 2 rings (SSSR count). The summed E-state index contributed by atoms with van der Waals surface area (Å²) in [5.74, 6) is 2.34. The van der Waals surface area contributed by atoms with Gasteiger partial charge in [-0.3, -0.25) is 0 Å². The summed E-state index contributed by atoms with van der Waals surface area (Å²) in [5.41, 5.74) is 2.94. The maximum atomic E-state index is 4.48. The fourth-order valence-corrected chi connectivity index (χ4v) is 2.66. The topological polar surface area (TPSA) is 63.6 Å². The van der Waals surface area contributed by atoms with Crippen molar-refractivity contribution >= 4 is 17.6 Å². The van der Waals surface area contributed by atoms with Gasteiger partial charge in [0, 0.05) is 29.7 Å². The first-order chi connectivity index (χ1) is 9.56. The lowest BCUT2D eigenvalue weighted by atomic mass is 10.4. The molecule has 2 heterocycles. The third-order valence-electron chi connectivity index (χ3n) is 2.55. The highest BCUT2D eigenvalue weighted by Crippen LogP contribution is 2.19. The fourth-order valence-electron chi connectivity index (χ4n) is 1.85. The molecule has 6 heteroatoms. The zero-order valence-corrected chi connectivity index (χ0v) is 13.1. The first kappa shape index (κ1) is 14.7. The standard InChI is InChI=1S/C14H19N5S/c1-5-15-12-7-11(4)16-13(19-12)8-20-14-17-9(2)6-10(3)18-14/h6-7H,5,8H2,1-4H3,(H,15,16,19). The summed E-state index contributed by atoms with van der Waals surface area (Å²) < 4.78 is 0. The van der Waals surface area contributed by atoms with Crippen LogP contribution in [0, 0.1) is 20.8 Å². The monoisotopic (exact) mass is 289 g/mol. The molecule has 0 aliphatic rings. The highest BCUT2D eigenvalue weighted by molar-refractivity contribution is 7.98. The van der Waals surface area contributed by atoms with Crippen molar-refractivity contribution in [1.29, 1.82) is 0 Å². The Balaban J connectivity index is 2.10. The summed E-state index contributed by atoms with van der Waals surface area (Å²) in [6, 6.07) is 3.92. The molecular weight excluding hydrogens is 270 g/mol. The Labute approximate surface area is 123 Å². The highest BCUT2D eigenvalue weighted by atomic mass is 32.2. The predicted octanol–water partition coefficient (Wildman–Crippen LogP) is 2.92. The maximum Gasteiger partial charge on any atom is 0.188 e. The zero-order valence-electron chi connectivity index (χ0n) is 12.3. The molecule has 0 unspecified atom stereocenters. The summed E-state index contributed by atoms with van der Waals surface area (Å²) in [5, 5.41) is 3.99. The van der Waals surface area contributed by atoms with Crippen LogP contribution in [-0.4, -0.2) is 26.5 Å². The second-order valence-electron chi connectivity index (χ2n) is 4.56. The molecule has 0 bridgehead atoms. The lowest BCUT2D eigenvalue weighted by molar-refractivity contribution is 0.897. The molecule has 20 heavy (non-hydrogen) atoms. The van der Waals surface area contributed by atoms with Crippen LogP contribution >= 0.6 is 11.8 Å². The van der Waals surface area contributed by atoms with E-state index >= 15 is 0 Å². The van der Waals surface area contributed by atoms with E-state index in [4.69, 9.17) is 0 Å². The second-order valence-corrected chi connectivity index (χ2v) is 5.51. The van der Waals surface area contributed by atoms with Crippen LogP contribution in [0.1, 0.15) is 29.8 Å². The molecule has 0 aromatic carbocycles. The molecular formula is C14H19N5S. The van der Waals surface area contributed by atoms with Crippen LogP contribution in [-0.2, 0) is 5.75 Å². The molecule has 0 amide bonds. The van der Waals surface area contributed by atoms with Crippen molar-refractivity contribution in [3.05, 3.63) is 35.0 Å². The largest absolute Gasteiger partial charge is 0.370 e. The zero-order chi connectivity index (χ0) is 14.5. The smallest absolute Gasteiger partial charge is 0.188 e. The Kier molecular flexibility index (Phi) is 4.89. The first-order valence-electron chi connectivity index (χ1n) is 6.60. The highest BCUT2D eigenvalue weighted by Gasteiger charge is 2.05. The Morgan fingerprint density at radius 2 is 1.60 bits per heavy atom. The van der Waals surface area contributed by atoms with Gasteiger partial charge in [-0.15, -0.1) is 0 Å². The van der Waals surface area contributed by atoms with E-state index in [9.17, 15) is 0 Å². The van der Waals surface area contributed by atoms with Crippen molar-refractivity contribution in [3.63, 3.8) is 0 Å². The lowest BCUT2D eigenvalue weighted by Crippen LogP contribution is -2.04. The number of hydrogen-bond donors (Lipinski definition) is 1. The van der Waals surface area contributed by atoms with Crippen LogP contribution in [0.4, 0.5) is 5.82 Å². The minimum absolute atomic E-state index is 0.670. The number of anilines is 1. The molecule has 2 aromatic heterocycles. The number of aromatic nitrogens is 4. The van der Waals surface area contributed by atoms with Crippen molar-refractivity contribution < 1.29 is 0 Å². The number of thioether (sulfide) groups is 1. The van der Waals surface area contributed by atoms with Gasteiger partial charge in [0.1, 0.15) is 11.6 Å². The second kappa shape index (κ2) is 6.65. The van der Waals surface area contributed by atoms with E-state index in [0.29, 0.717) is 5.75 Å². The van der Waals surface area contributed by atoms with Gasteiger partial charge in [-0.2, -0.15) is 0 Å². The van der Waals surface area contributed by atoms with Crippen LogP contribution in [0.25, 0.3) is 0 Å². The third-order valence-corrected chi connectivity index (χ3v) is 3.39. The molecule has 1 N–H and O–H groups in total. The number of nitrogens with zero attached hydrogens (tertiary/aromatic N) is 4. The quantitative estimate of drug-likeness (QED) is 0.674. The van der Waals surface area contributed by atoms with E-state index in [-0.39, 0.29) is 0 Å². The molecule has 5 nitrogen and oxygen atoms in total. The Morgan fingerprint density at radius 1 is 0.950 bits per heavy atom. The molecule has 0 aliphatic heterocycles. The number of nitrogens with one attached hydrogen (secondary N) is 1. The van der Waals surface area contributed by atoms with Crippen molar-refractivity contribution in [2.45, 2.75) is 38.6 Å². The Morgan fingerprint density at radius 3 is 2.25 bits per heavy atom. The van der Waals surface area contributed by atoms with Crippen LogP contribution in [0.15, 0.2) is 17.3 Å². The average molecular weight is 289 g/mol. The SMILES string of the molecule is CCNc1cc(C)nc(CSc2nc(C)cc(C)n2)n1. The summed E-state index contributed by atoms with van der Waals surface area (Å²) >= 11 is 1.56. The van der Waals surface area contributed by atoms with Gasteiger partial charge in [0.05, 0.1) is 5.75 Å². The molecule has 0 atom stereocenters. The normalized spacial score (nSPS) is 10.6. The van der Waals surface area contributed by atoms with Gasteiger partial charge in [-0.1, -0.05) is 11.8 Å². The van der Waals surface area contributed by atoms with Gasteiger partial charge in [-0.25, -0.2) is 19.9 Å². The van der Waals surface area contributed by atoms with Crippen LogP contribution in [0.5, 0.6) is 0 Å². The Hall–Kier alpha value is -1.69. The van der Waals surface area contributed by atoms with E-state index in [1.807, 2.05) is 32.9 Å². The van der Waals surface area contributed by atoms with Crippen LogP contribution < -0.4 is 5.32 Å². The lowest BCUT2D eigenvalue weighted by Gasteiger charge is -2.07. The minimum atomic E-state index is 0.670. The molecule has 0 fully saturated rings. The van der Waals surface area contributed by atoms with Gasteiger partial charge in [0.25, 0.3) is 0 Å². The van der Waals surface area contributed by atoms with E-state index in [0.717, 1.165) is 40.4 Å². The van der Waals surface area contributed by atoms with E-state index < -0.39 is 0 Å². The molecule has 2 aromatic rings. The van der Waals surface area contributed by atoms with Gasteiger partial charge >= 0.3 is 0 Å². The van der Waals surface area contributed by atoms with Crippen LogP contribution in [0.3, 0.4) is 0 Å². The summed E-state index contributed by atoms with van der Waals surface area (Å²) in [6.07, 6.45) is 0. The average Bonchev–Trinajstić information content (AvgIpc) is 2.35. The predicted molar refractivity (Wildman–Crippen MR) is 82.0 cm³/mol. The summed E-state index contributed by atoms with van der Waals surface area (Å²) in [4.78, 5) is 17.8. The molecule has 0 saturated carbocycles. The van der Waals surface area contributed by atoms with E-state index in [1.54, 1.807) is 11.8 Å². The summed E-state index contributed by atoms with van der Waals surface area (Å²) in [7, 11) is 0. The van der Waals surface area contributed by atoms with Crippen molar-refractivity contribution in [2.24, 2.45) is 0 Å². The first-order valence-corrected chi connectivity index (χ1v) is 7.59. The molecule has 0 spiro atoms. The maximum absolute atomic E-state index is 4.48. The van der Waals surface area contributed by atoms with Crippen molar-refractivity contribution in [2.75, 3.05) is 11.9 Å². The van der Waals surface area contributed by atoms with Crippen molar-refractivity contribution in [3.8, 4) is 0 Å². The number of hydrogen-bond acceptors (Lipinski definition) is 6. The van der Waals surface area contributed by atoms with E-state index in [1.165, 1.54) is 0 Å². The van der Waals surface area contributed by atoms with E-state index in [2.05, 4.69) is 32.2 Å². The summed E-state index contributed by atoms with van der Waals surface area (Å²) in [6.45, 7) is 8.83. The van der Waals surface area contributed by atoms with Crippen LogP contribution in [0.2, 0.25) is 0 Å². The van der Waals surface area contributed by atoms with Gasteiger partial charge < -0.3 is 5.32 Å². The molecule has 0 saturated heterocycles. The minimum Gasteiger partial charge on any atom is -0.370 e. The van der Waals surface area contributed by atoms with Gasteiger partial charge in [-0.05, 0) is 33.8 Å². The fraction of sp³-hybridized carbons (Fsp3) is 0.429.